The summed E-state index contributed by atoms with van der Waals surface area (Å²) < 4.78 is 10.9. The van der Waals surface area contributed by atoms with Crippen molar-refractivity contribution in [2.75, 3.05) is 38.3 Å². The van der Waals surface area contributed by atoms with E-state index in [1.807, 2.05) is 32.0 Å². The Labute approximate surface area is 139 Å². The topological polar surface area (TPSA) is 50.8 Å². The van der Waals surface area contributed by atoms with Gasteiger partial charge >= 0.3 is 0 Å². The molecule has 1 heterocycles. The zero-order chi connectivity index (χ0) is 16.7. The van der Waals surface area contributed by atoms with Crippen LogP contribution < -0.4 is 15.0 Å². The first-order chi connectivity index (χ1) is 11.2. The first-order valence-corrected chi connectivity index (χ1v) is 8.46. The summed E-state index contributed by atoms with van der Waals surface area (Å²) in [7, 11) is 1.70. The van der Waals surface area contributed by atoms with Crippen molar-refractivity contribution < 1.29 is 14.3 Å². The number of methoxy groups -OCH3 is 1. The van der Waals surface area contributed by atoms with Crippen LogP contribution in [0.25, 0.3) is 0 Å². The van der Waals surface area contributed by atoms with Crippen molar-refractivity contribution in [2.24, 2.45) is 5.92 Å². The normalized spacial score (nSPS) is 18.7. The van der Waals surface area contributed by atoms with Crippen LogP contribution in [0.15, 0.2) is 24.3 Å². The number of amides is 1. The number of para-hydroxylation sites is 2. The number of nitrogens with one attached hydrogen (secondary N) is 1. The van der Waals surface area contributed by atoms with Gasteiger partial charge in [-0.05, 0) is 37.8 Å². The quantitative estimate of drug-likeness (QED) is 0.799. The Morgan fingerprint density at radius 1 is 1.39 bits per heavy atom. The minimum atomic E-state index is -0.327. The van der Waals surface area contributed by atoms with E-state index in [2.05, 4.69) is 16.3 Å². The summed E-state index contributed by atoms with van der Waals surface area (Å²) in [6, 6.07) is 8.08. The van der Waals surface area contributed by atoms with Gasteiger partial charge in [0.2, 0.25) is 5.91 Å². The third-order valence-electron chi connectivity index (χ3n) is 4.31. The second kappa shape index (κ2) is 8.77. The summed E-state index contributed by atoms with van der Waals surface area (Å²) in [6.07, 6.45) is 1.45. The van der Waals surface area contributed by atoms with Crippen LogP contribution in [-0.4, -0.2) is 45.4 Å². The van der Waals surface area contributed by atoms with Gasteiger partial charge in [0.05, 0.1) is 12.8 Å². The number of rotatable bonds is 8. The monoisotopic (exact) mass is 320 g/mol. The maximum Gasteiger partial charge on any atom is 0.249 e. The second-order valence-corrected chi connectivity index (χ2v) is 5.87. The highest BCUT2D eigenvalue weighted by atomic mass is 16.5. The molecule has 2 atom stereocenters. The van der Waals surface area contributed by atoms with E-state index in [-0.39, 0.29) is 12.0 Å². The molecular formula is C18H28N2O3. The molecule has 0 bridgehead atoms. The molecule has 128 valence electrons. The van der Waals surface area contributed by atoms with Crippen LogP contribution in [-0.2, 0) is 9.53 Å². The maximum absolute atomic E-state index is 12.1. The molecule has 1 amide bonds. The Balaban J connectivity index is 1.85. The lowest BCUT2D eigenvalue weighted by molar-refractivity contribution is -0.132. The zero-order valence-corrected chi connectivity index (χ0v) is 14.4. The van der Waals surface area contributed by atoms with Crippen LogP contribution in [0.3, 0.4) is 0 Å². The minimum absolute atomic E-state index is 0.00471. The summed E-state index contributed by atoms with van der Waals surface area (Å²) in [4.78, 5) is 14.4. The molecule has 5 nitrogen and oxygen atoms in total. The van der Waals surface area contributed by atoms with E-state index in [0.29, 0.717) is 25.5 Å². The van der Waals surface area contributed by atoms with Crippen molar-refractivity contribution in [3.8, 4) is 5.75 Å². The van der Waals surface area contributed by atoms with Crippen molar-refractivity contribution >= 4 is 11.6 Å². The molecular weight excluding hydrogens is 292 g/mol. The van der Waals surface area contributed by atoms with Gasteiger partial charge in [-0.2, -0.15) is 0 Å². The van der Waals surface area contributed by atoms with Crippen LogP contribution >= 0.6 is 0 Å². The third kappa shape index (κ3) is 4.61. The second-order valence-electron chi connectivity index (χ2n) is 5.87. The lowest BCUT2D eigenvalue weighted by Crippen LogP contribution is -2.39. The number of hydrogen-bond acceptors (Lipinski definition) is 4. The minimum Gasteiger partial charge on any atom is -0.495 e. The average molecular weight is 320 g/mol. The van der Waals surface area contributed by atoms with E-state index in [9.17, 15) is 4.79 Å². The van der Waals surface area contributed by atoms with Gasteiger partial charge in [-0.1, -0.05) is 19.1 Å². The van der Waals surface area contributed by atoms with Gasteiger partial charge < -0.3 is 19.7 Å². The molecule has 0 spiro atoms. The van der Waals surface area contributed by atoms with Crippen LogP contribution in [0.1, 0.15) is 26.7 Å². The SMILES string of the molecule is CCO[C@H](CC)C(=O)NC[C@@H]1CCN(c2ccccc2OC)C1. The van der Waals surface area contributed by atoms with E-state index in [0.717, 1.165) is 30.9 Å². The van der Waals surface area contributed by atoms with Gasteiger partial charge in [0.15, 0.2) is 0 Å². The number of benzene rings is 1. The molecule has 0 aliphatic carbocycles. The van der Waals surface area contributed by atoms with Gasteiger partial charge in [-0.15, -0.1) is 0 Å². The van der Waals surface area contributed by atoms with Crippen molar-refractivity contribution in [3.63, 3.8) is 0 Å². The molecule has 1 aromatic carbocycles. The number of anilines is 1. The van der Waals surface area contributed by atoms with Crippen molar-refractivity contribution in [1.29, 1.82) is 0 Å². The smallest absolute Gasteiger partial charge is 0.249 e. The van der Waals surface area contributed by atoms with Gasteiger partial charge in [0.25, 0.3) is 0 Å². The number of ether oxygens (including phenoxy) is 2. The summed E-state index contributed by atoms with van der Waals surface area (Å²) in [5.74, 6) is 1.37. The Morgan fingerprint density at radius 2 is 2.17 bits per heavy atom. The predicted octanol–water partition coefficient (Wildman–Crippen LogP) is 2.45. The summed E-state index contributed by atoms with van der Waals surface area (Å²) in [5.41, 5.74) is 1.13. The number of nitrogens with zero attached hydrogens (tertiary/aromatic N) is 1. The lowest BCUT2D eigenvalue weighted by Gasteiger charge is -2.21. The molecule has 1 N–H and O–H groups in total. The maximum atomic E-state index is 12.1. The molecule has 23 heavy (non-hydrogen) atoms. The highest BCUT2D eigenvalue weighted by Crippen LogP contribution is 2.31. The summed E-state index contributed by atoms with van der Waals surface area (Å²) in [5, 5.41) is 3.04. The Hall–Kier alpha value is -1.75. The molecule has 1 aliphatic rings. The van der Waals surface area contributed by atoms with E-state index < -0.39 is 0 Å². The molecule has 1 saturated heterocycles. The van der Waals surface area contributed by atoms with Crippen molar-refractivity contribution in [3.05, 3.63) is 24.3 Å². The van der Waals surface area contributed by atoms with E-state index in [1.54, 1.807) is 7.11 Å². The molecule has 0 unspecified atom stereocenters. The fraction of sp³-hybridized carbons (Fsp3) is 0.611. The van der Waals surface area contributed by atoms with Crippen LogP contribution in [0.2, 0.25) is 0 Å². The van der Waals surface area contributed by atoms with Crippen LogP contribution in [0, 0.1) is 5.92 Å². The number of carbonyl (C=O) groups is 1. The molecule has 1 aliphatic heterocycles. The third-order valence-corrected chi connectivity index (χ3v) is 4.31. The molecule has 1 fully saturated rings. The summed E-state index contributed by atoms with van der Waals surface area (Å²) >= 11 is 0. The predicted molar refractivity (Wildman–Crippen MR) is 92.0 cm³/mol. The standard InChI is InChI=1S/C18H28N2O3/c1-4-16(23-5-2)18(21)19-12-14-10-11-20(13-14)15-8-6-7-9-17(15)22-3/h6-9,14,16H,4-5,10-13H2,1-3H3,(H,19,21)/t14-,16+/m0/s1. The van der Waals surface area contributed by atoms with Crippen LogP contribution in [0.5, 0.6) is 5.75 Å². The molecule has 2 rings (SSSR count). The Morgan fingerprint density at radius 3 is 2.87 bits per heavy atom. The van der Waals surface area contributed by atoms with Crippen molar-refractivity contribution in [2.45, 2.75) is 32.8 Å². The lowest BCUT2D eigenvalue weighted by atomic mass is 10.1. The number of hydrogen-bond donors (Lipinski definition) is 1. The molecule has 0 aromatic heterocycles. The van der Waals surface area contributed by atoms with Crippen LogP contribution in [0.4, 0.5) is 5.69 Å². The fourth-order valence-corrected chi connectivity index (χ4v) is 3.05. The zero-order valence-electron chi connectivity index (χ0n) is 14.4. The van der Waals surface area contributed by atoms with Gasteiger partial charge in [-0.25, -0.2) is 0 Å². The first-order valence-electron chi connectivity index (χ1n) is 8.46. The van der Waals surface area contributed by atoms with Crippen molar-refractivity contribution in [1.82, 2.24) is 5.32 Å². The molecule has 0 saturated carbocycles. The van der Waals surface area contributed by atoms with E-state index in [1.165, 1.54) is 0 Å². The molecule has 1 aromatic rings. The summed E-state index contributed by atoms with van der Waals surface area (Å²) in [6.45, 7) is 7.08. The van der Waals surface area contributed by atoms with Gasteiger partial charge in [0.1, 0.15) is 11.9 Å². The fourth-order valence-electron chi connectivity index (χ4n) is 3.05. The Kier molecular flexibility index (Phi) is 6.71. The molecule has 0 radical (unpaired) electrons. The Bertz CT molecular complexity index is 507. The number of carbonyl (C=O) groups excluding carboxylic acids is 1. The first kappa shape index (κ1) is 17.6. The highest BCUT2D eigenvalue weighted by molar-refractivity contribution is 5.80. The average Bonchev–Trinajstić information content (AvgIpc) is 3.06. The highest BCUT2D eigenvalue weighted by Gasteiger charge is 2.25. The van der Waals surface area contributed by atoms with E-state index >= 15 is 0 Å². The van der Waals surface area contributed by atoms with Gasteiger partial charge in [-0.3, -0.25) is 4.79 Å². The van der Waals surface area contributed by atoms with Gasteiger partial charge in [0, 0.05) is 26.2 Å². The van der Waals surface area contributed by atoms with E-state index in [4.69, 9.17) is 9.47 Å². The largest absolute Gasteiger partial charge is 0.495 e. The molecule has 5 heteroatoms.